The van der Waals surface area contributed by atoms with Gasteiger partial charge in [0.1, 0.15) is 6.61 Å². The first-order valence-electron chi connectivity index (χ1n) is 10.2. The molecule has 0 saturated carbocycles. The van der Waals surface area contributed by atoms with Crippen molar-refractivity contribution in [2.24, 2.45) is 0 Å². The summed E-state index contributed by atoms with van der Waals surface area (Å²) in [5.41, 5.74) is 4.08. The molecule has 0 aliphatic carbocycles. The quantitative estimate of drug-likeness (QED) is 0.512. The maximum atomic E-state index is 6.40. The molecule has 0 N–H and O–H groups in total. The molecule has 0 atom stereocenters. The summed E-state index contributed by atoms with van der Waals surface area (Å²) in [6.07, 6.45) is 0. The van der Waals surface area contributed by atoms with E-state index >= 15 is 0 Å². The van der Waals surface area contributed by atoms with Gasteiger partial charge < -0.3 is 18.9 Å². The molecule has 0 bridgehead atoms. The van der Waals surface area contributed by atoms with Crippen molar-refractivity contribution in [2.75, 3.05) is 34.5 Å². The Hall–Kier alpha value is -2.89. The van der Waals surface area contributed by atoms with Crippen molar-refractivity contribution in [1.82, 2.24) is 4.90 Å². The molecule has 3 aromatic rings. The number of halogens is 1. The van der Waals surface area contributed by atoms with Crippen molar-refractivity contribution in [3.63, 3.8) is 0 Å². The van der Waals surface area contributed by atoms with Crippen LogP contribution in [0.4, 0.5) is 0 Å². The lowest BCUT2D eigenvalue weighted by Gasteiger charge is -2.21. The predicted octanol–water partition coefficient (Wildman–Crippen LogP) is 5.43. The Morgan fingerprint density at radius 3 is 2.48 bits per heavy atom. The minimum Gasteiger partial charge on any atom is -0.493 e. The maximum absolute atomic E-state index is 6.40. The fourth-order valence-corrected chi connectivity index (χ4v) is 4.16. The van der Waals surface area contributed by atoms with Crippen molar-refractivity contribution in [2.45, 2.75) is 13.1 Å². The maximum Gasteiger partial charge on any atom is 0.168 e. The topological polar surface area (TPSA) is 40.2 Å². The van der Waals surface area contributed by atoms with Crippen molar-refractivity contribution < 1.29 is 18.9 Å². The van der Waals surface area contributed by atoms with Gasteiger partial charge in [-0.25, -0.2) is 0 Å². The van der Waals surface area contributed by atoms with Gasteiger partial charge in [0.2, 0.25) is 0 Å². The number of rotatable bonds is 6. The molecule has 0 saturated heterocycles. The Morgan fingerprint density at radius 1 is 0.935 bits per heavy atom. The number of ether oxygens (including phenoxy) is 4. The monoisotopic (exact) mass is 439 g/mol. The van der Waals surface area contributed by atoms with Crippen LogP contribution in [0.25, 0.3) is 11.1 Å². The van der Waals surface area contributed by atoms with Crippen LogP contribution < -0.4 is 18.9 Å². The fourth-order valence-electron chi connectivity index (χ4n) is 3.96. The van der Waals surface area contributed by atoms with Crippen molar-refractivity contribution in [1.29, 1.82) is 0 Å². The van der Waals surface area contributed by atoms with Crippen LogP contribution in [0.3, 0.4) is 0 Å². The summed E-state index contributed by atoms with van der Waals surface area (Å²) in [6.45, 7) is 2.84. The van der Waals surface area contributed by atoms with E-state index in [9.17, 15) is 0 Å². The molecule has 31 heavy (non-hydrogen) atoms. The second-order valence-corrected chi connectivity index (χ2v) is 7.77. The molecule has 1 aliphatic rings. The van der Waals surface area contributed by atoms with Gasteiger partial charge in [-0.15, -0.1) is 0 Å². The highest BCUT2D eigenvalue weighted by molar-refractivity contribution is 6.31. The lowest BCUT2D eigenvalue weighted by molar-refractivity contribution is 0.217. The van der Waals surface area contributed by atoms with Crippen LogP contribution in [0.1, 0.15) is 11.1 Å². The van der Waals surface area contributed by atoms with E-state index in [0.29, 0.717) is 23.9 Å². The van der Waals surface area contributed by atoms with Gasteiger partial charge in [-0.05, 0) is 35.4 Å². The lowest BCUT2D eigenvalue weighted by Crippen LogP contribution is -2.25. The Kier molecular flexibility index (Phi) is 6.54. The number of hydrogen-bond acceptors (Lipinski definition) is 5. The molecular formula is C25H26ClNO4. The molecule has 0 fully saturated rings. The highest BCUT2D eigenvalue weighted by atomic mass is 35.5. The Bertz CT molecular complexity index is 1070. The van der Waals surface area contributed by atoms with Crippen molar-refractivity contribution >= 4 is 11.6 Å². The Labute approximate surface area is 188 Å². The number of hydrogen-bond donors (Lipinski definition) is 0. The normalized spacial score (nSPS) is 13.7. The third-order valence-corrected chi connectivity index (χ3v) is 5.83. The number of fused-ring (bicyclic) bond motifs is 1. The SMILES string of the molecule is COc1cc(-c2cccc(OC)c2OC)cc2c1OCCN(Cc1ccccc1Cl)C2. The summed E-state index contributed by atoms with van der Waals surface area (Å²) in [5, 5.41) is 0.778. The van der Waals surface area contributed by atoms with Gasteiger partial charge in [0, 0.05) is 35.8 Å². The minimum absolute atomic E-state index is 0.579. The highest BCUT2D eigenvalue weighted by Gasteiger charge is 2.22. The Morgan fingerprint density at radius 2 is 1.74 bits per heavy atom. The smallest absolute Gasteiger partial charge is 0.168 e. The molecule has 0 aromatic heterocycles. The third-order valence-electron chi connectivity index (χ3n) is 5.47. The van der Waals surface area contributed by atoms with Gasteiger partial charge in [-0.2, -0.15) is 0 Å². The molecule has 0 unspecified atom stereocenters. The van der Waals surface area contributed by atoms with Gasteiger partial charge in [0.25, 0.3) is 0 Å². The first kappa shape index (κ1) is 21.3. The minimum atomic E-state index is 0.579. The summed E-state index contributed by atoms with van der Waals surface area (Å²) in [6, 6.07) is 17.9. The van der Waals surface area contributed by atoms with Crippen LogP contribution in [0.2, 0.25) is 5.02 Å². The molecule has 162 valence electrons. The van der Waals surface area contributed by atoms with E-state index in [-0.39, 0.29) is 0 Å². The van der Waals surface area contributed by atoms with Crippen molar-refractivity contribution in [3.05, 3.63) is 70.7 Å². The average molecular weight is 440 g/mol. The van der Waals surface area contributed by atoms with Crippen LogP contribution in [0.5, 0.6) is 23.0 Å². The zero-order chi connectivity index (χ0) is 21.8. The summed E-state index contributed by atoms with van der Waals surface area (Å²) in [5.74, 6) is 2.87. The van der Waals surface area contributed by atoms with Crippen molar-refractivity contribution in [3.8, 4) is 34.1 Å². The number of para-hydroxylation sites is 1. The molecule has 3 aromatic carbocycles. The van der Waals surface area contributed by atoms with Crippen LogP contribution in [0.15, 0.2) is 54.6 Å². The van der Waals surface area contributed by atoms with Gasteiger partial charge in [-0.1, -0.05) is 41.9 Å². The first-order chi connectivity index (χ1) is 15.1. The zero-order valence-corrected chi connectivity index (χ0v) is 18.7. The molecule has 6 heteroatoms. The van der Waals surface area contributed by atoms with Crippen LogP contribution in [-0.4, -0.2) is 39.4 Å². The summed E-state index contributed by atoms with van der Waals surface area (Å²) in [7, 11) is 4.95. The number of nitrogens with zero attached hydrogens (tertiary/aromatic N) is 1. The van der Waals surface area contributed by atoms with E-state index in [1.54, 1.807) is 21.3 Å². The van der Waals surface area contributed by atoms with Crippen LogP contribution >= 0.6 is 11.6 Å². The second-order valence-electron chi connectivity index (χ2n) is 7.36. The molecule has 0 radical (unpaired) electrons. The number of benzene rings is 3. The van der Waals surface area contributed by atoms with Gasteiger partial charge in [0.05, 0.1) is 21.3 Å². The van der Waals surface area contributed by atoms with E-state index in [1.165, 1.54) is 0 Å². The highest BCUT2D eigenvalue weighted by Crippen LogP contribution is 2.43. The molecule has 0 amide bonds. The zero-order valence-electron chi connectivity index (χ0n) is 18.0. The first-order valence-corrected chi connectivity index (χ1v) is 10.5. The summed E-state index contributed by atoms with van der Waals surface area (Å²) in [4.78, 5) is 2.33. The number of methoxy groups -OCH3 is 3. The Balaban J connectivity index is 1.73. The predicted molar refractivity (Wildman–Crippen MR) is 123 cm³/mol. The molecule has 4 rings (SSSR count). The largest absolute Gasteiger partial charge is 0.493 e. The second kappa shape index (κ2) is 9.50. The summed E-state index contributed by atoms with van der Waals surface area (Å²) < 4.78 is 22.9. The molecule has 0 spiro atoms. The van der Waals surface area contributed by atoms with Gasteiger partial charge in [-0.3, -0.25) is 4.90 Å². The van der Waals surface area contributed by atoms with E-state index in [0.717, 1.165) is 52.7 Å². The molecule has 5 nitrogen and oxygen atoms in total. The fraction of sp³-hybridized carbons (Fsp3) is 0.280. The molecular weight excluding hydrogens is 414 g/mol. The third kappa shape index (κ3) is 4.43. The molecule has 1 aliphatic heterocycles. The van der Waals surface area contributed by atoms with E-state index in [2.05, 4.69) is 17.0 Å². The van der Waals surface area contributed by atoms with Crippen LogP contribution in [-0.2, 0) is 13.1 Å². The lowest BCUT2D eigenvalue weighted by atomic mass is 10.00. The standard InChI is InChI=1S/C25H26ClNO4/c1-28-22-10-6-8-20(25(22)30-3)18-13-19-16-27(15-17-7-4-5-9-21(17)26)11-12-31-24(19)23(14-18)29-2/h4-10,13-14H,11-12,15-16H2,1-3H3. The van der Waals surface area contributed by atoms with E-state index < -0.39 is 0 Å². The van der Waals surface area contributed by atoms with Crippen LogP contribution in [0, 0.1) is 0 Å². The van der Waals surface area contributed by atoms with E-state index in [4.69, 9.17) is 30.5 Å². The van der Waals surface area contributed by atoms with Gasteiger partial charge in [0.15, 0.2) is 23.0 Å². The van der Waals surface area contributed by atoms with Gasteiger partial charge >= 0.3 is 0 Å². The summed E-state index contributed by atoms with van der Waals surface area (Å²) >= 11 is 6.40. The average Bonchev–Trinajstić information content (AvgIpc) is 3.01. The molecule has 1 heterocycles. The van der Waals surface area contributed by atoms with E-state index in [1.807, 2.05) is 42.5 Å².